The molecule has 1 atom stereocenters. The van der Waals surface area contributed by atoms with E-state index in [0.29, 0.717) is 5.92 Å². The van der Waals surface area contributed by atoms with Crippen LogP contribution in [0.4, 0.5) is 11.4 Å². The summed E-state index contributed by atoms with van der Waals surface area (Å²) >= 11 is 0. The van der Waals surface area contributed by atoms with Crippen LogP contribution in [-0.4, -0.2) is 0 Å². The maximum absolute atomic E-state index is 2.34. The molecule has 0 fully saturated rings. The van der Waals surface area contributed by atoms with Gasteiger partial charge in [-0.05, 0) is 42.8 Å². The van der Waals surface area contributed by atoms with Crippen LogP contribution in [0.3, 0.4) is 0 Å². The average molecular weight is 271 g/mol. The summed E-state index contributed by atoms with van der Waals surface area (Å²) in [7, 11) is 0. The monoisotopic (exact) mass is 271 g/mol. The highest BCUT2D eigenvalue weighted by atomic mass is 15.2. The molecule has 1 aliphatic carbocycles. The molecule has 0 N–H and O–H groups in total. The Bertz CT molecular complexity index is 763. The molecule has 0 aromatic heterocycles. The number of para-hydroxylation sites is 1. The third-order valence-electron chi connectivity index (χ3n) is 4.13. The Labute approximate surface area is 125 Å². The fourth-order valence-electron chi connectivity index (χ4n) is 3.07. The van der Waals surface area contributed by atoms with Gasteiger partial charge < -0.3 is 4.90 Å². The van der Waals surface area contributed by atoms with Crippen molar-refractivity contribution in [1.29, 1.82) is 0 Å². The van der Waals surface area contributed by atoms with Gasteiger partial charge in [0.15, 0.2) is 0 Å². The van der Waals surface area contributed by atoms with E-state index in [2.05, 4.69) is 90.7 Å². The fraction of sp³-hybridized carbons (Fsp3) is 0.100. The topological polar surface area (TPSA) is 3.24 Å². The second kappa shape index (κ2) is 4.78. The summed E-state index contributed by atoms with van der Waals surface area (Å²) in [5.41, 5.74) is 6.38. The number of hydrogen-bond donors (Lipinski definition) is 0. The zero-order chi connectivity index (χ0) is 14.2. The summed E-state index contributed by atoms with van der Waals surface area (Å²) in [5.74, 6) is 0.368. The van der Waals surface area contributed by atoms with E-state index in [9.17, 15) is 0 Å². The zero-order valence-electron chi connectivity index (χ0n) is 12.0. The molecule has 4 rings (SSSR count). The van der Waals surface area contributed by atoms with Gasteiger partial charge in [-0.1, -0.05) is 54.1 Å². The predicted octanol–water partition coefficient (Wildman–Crippen LogP) is 5.24. The number of allylic oxidation sites excluding steroid dienone is 5. The van der Waals surface area contributed by atoms with Gasteiger partial charge in [0.2, 0.25) is 0 Å². The fourth-order valence-corrected chi connectivity index (χ4v) is 3.07. The summed E-state index contributed by atoms with van der Waals surface area (Å²) in [4.78, 5) is 2.34. The first-order chi connectivity index (χ1) is 10.3. The first-order valence-corrected chi connectivity index (χ1v) is 7.35. The van der Waals surface area contributed by atoms with Gasteiger partial charge in [-0.3, -0.25) is 0 Å². The van der Waals surface area contributed by atoms with Crippen LogP contribution in [0.25, 0.3) is 0 Å². The highest BCUT2D eigenvalue weighted by molar-refractivity contribution is 5.77. The Hall–Kier alpha value is -2.54. The molecule has 1 aliphatic heterocycles. The lowest BCUT2D eigenvalue weighted by Crippen LogP contribution is -2.21. The minimum Gasteiger partial charge on any atom is -0.310 e. The number of benzene rings is 2. The second-order valence-electron chi connectivity index (χ2n) is 5.59. The largest absolute Gasteiger partial charge is 0.310 e. The van der Waals surface area contributed by atoms with E-state index in [1.54, 1.807) is 0 Å². The maximum atomic E-state index is 2.34. The predicted molar refractivity (Wildman–Crippen MR) is 88.9 cm³/mol. The molecule has 0 spiro atoms. The van der Waals surface area contributed by atoms with Crippen molar-refractivity contribution < 1.29 is 0 Å². The van der Waals surface area contributed by atoms with E-state index >= 15 is 0 Å². The molecule has 0 amide bonds. The average Bonchev–Trinajstić information content (AvgIpc) is 2.73. The van der Waals surface area contributed by atoms with Gasteiger partial charge in [-0.25, -0.2) is 0 Å². The van der Waals surface area contributed by atoms with Crippen LogP contribution in [0.5, 0.6) is 0 Å². The number of anilines is 2. The quantitative estimate of drug-likeness (QED) is 0.685. The van der Waals surface area contributed by atoms with Gasteiger partial charge >= 0.3 is 0 Å². The lowest BCUT2D eigenvalue weighted by molar-refractivity contribution is 0.998. The maximum Gasteiger partial charge on any atom is 0.0502 e. The minimum absolute atomic E-state index is 0.368. The third-order valence-corrected chi connectivity index (χ3v) is 4.13. The molecular weight excluding hydrogens is 254 g/mol. The van der Waals surface area contributed by atoms with Crippen LogP contribution in [0.1, 0.15) is 17.0 Å². The minimum atomic E-state index is 0.368. The SMILES string of the molecule is Cc1ccc(N2C3=CC(C=CC=C3)c3ccccc32)cc1. The number of fused-ring (bicyclic) bond motifs is 3. The van der Waals surface area contributed by atoms with Crippen LogP contribution in [0.2, 0.25) is 0 Å². The van der Waals surface area contributed by atoms with Crippen LogP contribution in [-0.2, 0) is 0 Å². The van der Waals surface area contributed by atoms with E-state index < -0.39 is 0 Å². The van der Waals surface area contributed by atoms with Gasteiger partial charge in [0.25, 0.3) is 0 Å². The molecule has 21 heavy (non-hydrogen) atoms. The lowest BCUT2D eigenvalue weighted by Gasteiger charge is -2.33. The summed E-state index contributed by atoms with van der Waals surface area (Å²) in [6.45, 7) is 2.12. The Kier molecular flexibility index (Phi) is 2.78. The van der Waals surface area contributed by atoms with Gasteiger partial charge in [0, 0.05) is 17.3 Å². The van der Waals surface area contributed by atoms with E-state index in [1.165, 1.54) is 28.2 Å². The molecule has 2 aromatic rings. The van der Waals surface area contributed by atoms with Gasteiger partial charge in [-0.15, -0.1) is 0 Å². The highest BCUT2D eigenvalue weighted by Gasteiger charge is 2.25. The smallest absolute Gasteiger partial charge is 0.0502 e. The van der Waals surface area contributed by atoms with Crippen LogP contribution in [0, 0.1) is 6.92 Å². The zero-order valence-corrected chi connectivity index (χ0v) is 12.0. The van der Waals surface area contributed by atoms with Gasteiger partial charge in [-0.2, -0.15) is 0 Å². The van der Waals surface area contributed by atoms with Crippen molar-refractivity contribution in [3.05, 3.63) is 95.7 Å². The molecule has 0 saturated carbocycles. The van der Waals surface area contributed by atoms with Crippen molar-refractivity contribution >= 4 is 11.4 Å². The molecule has 1 nitrogen and oxygen atoms in total. The standard InChI is InChI=1S/C20H17N/c1-15-10-12-17(13-11-15)21-18-7-3-2-6-16(14-18)19-8-4-5-9-20(19)21/h2-14,16H,1H3. The molecule has 1 heterocycles. The summed E-state index contributed by atoms with van der Waals surface area (Å²) in [5, 5.41) is 0. The van der Waals surface area contributed by atoms with E-state index in [4.69, 9.17) is 0 Å². The molecule has 2 aromatic carbocycles. The van der Waals surface area contributed by atoms with Crippen molar-refractivity contribution in [3.8, 4) is 0 Å². The summed E-state index contributed by atoms with van der Waals surface area (Å²) < 4.78 is 0. The van der Waals surface area contributed by atoms with E-state index in [-0.39, 0.29) is 0 Å². The normalized spacial score (nSPS) is 19.0. The molecule has 1 unspecified atom stereocenters. The molecular formula is C20H17N. The van der Waals surface area contributed by atoms with Crippen molar-refractivity contribution in [2.24, 2.45) is 0 Å². The second-order valence-corrected chi connectivity index (χ2v) is 5.59. The highest BCUT2D eigenvalue weighted by Crippen LogP contribution is 2.42. The number of nitrogens with zero attached hydrogens (tertiary/aromatic N) is 1. The van der Waals surface area contributed by atoms with Gasteiger partial charge in [0.1, 0.15) is 0 Å². The van der Waals surface area contributed by atoms with E-state index in [0.717, 1.165) is 0 Å². The summed E-state index contributed by atoms with van der Waals surface area (Å²) in [6.07, 6.45) is 11.0. The van der Waals surface area contributed by atoms with Crippen molar-refractivity contribution in [2.75, 3.05) is 4.90 Å². The lowest BCUT2D eigenvalue weighted by atomic mass is 9.91. The van der Waals surface area contributed by atoms with Crippen LogP contribution < -0.4 is 4.90 Å². The van der Waals surface area contributed by atoms with Crippen molar-refractivity contribution in [1.82, 2.24) is 0 Å². The number of aryl methyl sites for hydroxylation is 1. The Morgan fingerprint density at radius 2 is 1.71 bits per heavy atom. The number of rotatable bonds is 1. The molecule has 2 bridgehead atoms. The van der Waals surface area contributed by atoms with E-state index in [1.807, 2.05) is 0 Å². The Balaban J connectivity index is 1.92. The van der Waals surface area contributed by atoms with Crippen LogP contribution in [0.15, 0.2) is 84.6 Å². The first-order valence-electron chi connectivity index (χ1n) is 7.35. The first kappa shape index (κ1) is 12.2. The summed E-state index contributed by atoms with van der Waals surface area (Å²) in [6, 6.07) is 17.4. The van der Waals surface area contributed by atoms with Gasteiger partial charge in [0.05, 0.1) is 5.69 Å². The molecule has 2 aliphatic rings. The molecule has 1 heteroatoms. The Morgan fingerprint density at radius 3 is 2.57 bits per heavy atom. The van der Waals surface area contributed by atoms with Crippen molar-refractivity contribution in [2.45, 2.75) is 12.8 Å². The van der Waals surface area contributed by atoms with Crippen LogP contribution >= 0.6 is 0 Å². The third kappa shape index (κ3) is 2.02. The molecule has 0 saturated heterocycles. The van der Waals surface area contributed by atoms with Crippen molar-refractivity contribution in [3.63, 3.8) is 0 Å². The molecule has 102 valence electrons. The Morgan fingerprint density at radius 1 is 0.905 bits per heavy atom. The molecule has 0 radical (unpaired) electrons. The number of hydrogen-bond acceptors (Lipinski definition) is 1.